The highest BCUT2D eigenvalue weighted by Gasteiger charge is 2.80. The van der Waals surface area contributed by atoms with Gasteiger partial charge in [-0.05, 0) is 38.7 Å². The number of aliphatic hydroxyl groups excluding tert-OH is 1. The van der Waals surface area contributed by atoms with E-state index in [9.17, 15) is 19.5 Å². The summed E-state index contributed by atoms with van der Waals surface area (Å²) in [6, 6.07) is 7.18. The van der Waals surface area contributed by atoms with Crippen LogP contribution in [-0.2, 0) is 23.9 Å². The van der Waals surface area contributed by atoms with Gasteiger partial charge in [-0.25, -0.2) is 0 Å². The number of hydrogen-bond acceptors (Lipinski definition) is 6. The van der Waals surface area contributed by atoms with Gasteiger partial charge < -0.3 is 24.4 Å². The zero-order valence-electron chi connectivity index (χ0n) is 22.1. The third kappa shape index (κ3) is 4.01. The molecule has 3 heterocycles. The van der Waals surface area contributed by atoms with Gasteiger partial charge in [0.1, 0.15) is 24.2 Å². The van der Waals surface area contributed by atoms with Crippen molar-refractivity contribution in [2.45, 2.75) is 63.4 Å². The van der Waals surface area contributed by atoms with Gasteiger partial charge in [0.15, 0.2) is 0 Å². The number of amides is 2. The number of carbonyl (C=O) groups excluding carboxylic acids is 3. The van der Waals surface area contributed by atoms with Gasteiger partial charge in [0.25, 0.3) is 0 Å². The summed E-state index contributed by atoms with van der Waals surface area (Å²) in [5.74, 6) is -3.09. The number of ether oxygens (including phenoxy) is 2. The van der Waals surface area contributed by atoms with Crippen LogP contribution in [0.4, 0.5) is 0 Å². The molecule has 1 N–H and O–H groups in total. The summed E-state index contributed by atoms with van der Waals surface area (Å²) in [4.78, 5) is 45.3. The summed E-state index contributed by atoms with van der Waals surface area (Å²) < 4.78 is 12.2. The monoisotopic (exact) mass is 510 g/mol. The minimum Gasteiger partial charge on any atom is -0.461 e. The third-order valence-electron chi connectivity index (χ3n) is 8.51. The van der Waals surface area contributed by atoms with Crippen LogP contribution in [0.2, 0.25) is 0 Å². The first kappa shape index (κ1) is 27.1. The Morgan fingerprint density at radius 3 is 2.51 bits per heavy atom. The molecule has 8 heteroatoms. The van der Waals surface area contributed by atoms with Crippen molar-refractivity contribution in [1.29, 1.82) is 0 Å². The Hall–Kier alpha value is -2.97. The van der Waals surface area contributed by atoms with Crippen LogP contribution in [0.1, 0.15) is 45.7 Å². The molecule has 1 aromatic carbocycles. The molecular formula is C29H38N2O6. The van der Waals surface area contributed by atoms with Gasteiger partial charge in [0, 0.05) is 12.6 Å². The highest BCUT2D eigenvalue weighted by atomic mass is 16.6. The molecule has 3 aliphatic heterocycles. The van der Waals surface area contributed by atoms with Gasteiger partial charge in [-0.1, -0.05) is 56.0 Å². The number of aliphatic hydroxyl groups is 1. The molecule has 200 valence electrons. The summed E-state index contributed by atoms with van der Waals surface area (Å²) in [6.07, 6.45) is 3.57. The number of nitrogens with zero attached hydrogens (tertiary/aromatic N) is 2. The van der Waals surface area contributed by atoms with E-state index in [1.54, 1.807) is 11.0 Å². The second-order valence-electron chi connectivity index (χ2n) is 10.9. The Kier molecular flexibility index (Phi) is 7.36. The number of esters is 1. The fraction of sp³-hybridized carbons (Fsp3) is 0.552. The number of likely N-dealkylation sites (tertiary alicyclic amines) is 1. The average molecular weight is 511 g/mol. The summed E-state index contributed by atoms with van der Waals surface area (Å²) >= 11 is 0. The normalized spacial score (nSPS) is 32.8. The van der Waals surface area contributed by atoms with Crippen molar-refractivity contribution in [2.24, 2.45) is 17.8 Å². The minimum absolute atomic E-state index is 0.0174. The van der Waals surface area contributed by atoms with Crippen LogP contribution in [0, 0.1) is 17.8 Å². The van der Waals surface area contributed by atoms with Crippen molar-refractivity contribution in [3.8, 4) is 0 Å². The molecule has 3 unspecified atom stereocenters. The smallest absolute Gasteiger partial charge is 0.313 e. The minimum atomic E-state index is -1.23. The van der Waals surface area contributed by atoms with Gasteiger partial charge in [0.05, 0.1) is 24.2 Å². The molecule has 0 radical (unpaired) electrons. The first-order chi connectivity index (χ1) is 17.6. The molecule has 8 nitrogen and oxygen atoms in total. The van der Waals surface area contributed by atoms with Crippen molar-refractivity contribution >= 4 is 17.8 Å². The third-order valence-corrected chi connectivity index (χ3v) is 8.51. The van der Waals surface area contributed by atoms with Crippen LogP contribution >= 0.6 is 0 Å². The highest BCUT2D eigenvalue weighted by Crippen LogP contribution is 2.66. The molecule has 1 spiro atoms. The number of benzene rings is 1. The zero-order chi connectivity index (χ0) is 27.1. The average Bonchev–Trinajstić information content (AvgIpc) is 3.38. The lowest BCUT2D eigenvalue weighted by Gasteiger charge is -2.40. The van der Waals surface area contributed by atoms with E-state index >= 15 is 0 Å². The summed E-state index contributed by atoms with van der Waals surface area (Å²) in [5, 5.41) is 10.6. The van der Waals surface area contributed by atoms with E-state index < -0.39 is 41.1 Å². The van der Waals surface area contributed by atoms with Crippen LogP contribution in [0.25, 0.3) is 0 Å². The lowest BCUT2D eigenvalue weighted by Crippen LogP contribution is -2.58. The van der Waals surface area contributed by atoms with Gasteiger partial charge in [-0.3, -0.25) is 14.4 Å². The van der Waals surface area contributed by atoms with Gasteiger partial charge in [-0.2, -0.15) is 0 Å². The summed E-state index contributed by atoms with van der Waals surface area (Å²) in [5.41, 5.74) is -1.49. The maximum atomic E-state index is 14.4. The summed E-state index contributed by atoms with van der Waals surface area (Å²) in [7, 11) is 0. The molecule has 3 saturated heterocycles. The molecule has 0 saturated carbocycles. The molecule has 7 atom stereocenters. The van der Waals surface area contributed by atoms with E-state index in [4.69, 9.17) is 9.47 Å². The SMILES string of the molecule is C=CCOC(=O)[C@@H]1[C@H]2C(=O)N([C@H](CO)c3ccccc3)C(C(=O)N(CC=C)C(C)C)C23CC(C)[C@@]1(C)O3. The number of carbonyl (C=O) groups is 3. The first-order valence-electron chi connectivity index (χ1n) is 13.0. The number of rotatable bonds is 10. The highest BCUT2D eigenvalue weighted by molar-refractivity contribution is 5.99. The maximum absolute atomic E-state index is 14.4. The Labute approximate surface area is 218 Å². The van der Waals surface area contributed by atoms with Crippen LogP contribution in [0.3, 0.4) is 0 Å². The van der Waals surface area contributed by atoms with Crippen LogP contribution in [0.5, 0.6) is 0 Å². The molecule has 0 aromatic heterocycles. The topological polar surface area (TPSA) is 96.4 Å². The fourth-order valence-electron chi connectivity index (χ4n) is 6.76. The van der Waals surface area contributed by atoms with E-state index in [1.807, 2.05) is 58.0 Å². The second-order valence-corrected chi connectivity index (χ2v) is 10.9. The molecule has 3 fully saturated rings. The molecule has 1 aromatic rings. The van der Waals surface area contributed by atoms with Crippen LogP contribution in [-0.4, -0.2) is 75.7 Å². The van der Waals surface area contributed by atoms with E-state index in [1.165, 1.54) is 11.0 Å². The first-order valence-corrected chi connectivity index (χ1v) is 13.0. The quantitative estimate of drug-likeness (QED) is 0.384. The predicted octanol–water partition coefficient (Wildman–Crippen LogP) is 2.88. The lowest BCUT2D eigenvalue weighted by molar-refractivity contribution is -0.163. The second kappa shape index (κ2) is 10.1. The predicted molar refractivity (Wildman–Crippen MR) is 138 cm³/mol. The fourth-order valence-corrected chi connectivity index (χ4v) is 6.76. The molecule has 0 aliphatic carbocycles. The standard InChI is InChI=1S/C29H38N2O6/c1-7-14-30(18(3)4)26(34)24-29-16-19(5)28(6,37-29)23(27(35)36-15-8-2)22(29)25(33)31(24)21(17-32)20-12-10-9-11-13-20/h7-13,18-19,21-24,32H,1-2,14-17H2,3-6H3/t19?,21-,22+,23+,24?,28-,29?/m1/s1. The zero-order valence-corrected chi connectivity index (χ0v) is 22.1. The molecule has 3 aliphatic rings. The lowest BCUT2D eigenvalue weighted by atomic mass is 9.62. The maximum Gasteiger partial charge on any atom is 0.313 e. The molecule has 2 amide bonds. The van der Waals surface area contributed by atoms with E-state index in [0.29, 0.717) is 18.5 Å². The Morgan fingerprint density at radius 1 is 1.27 bits per heavy atom. The van der Waals surface area contributed by atoms with Crippen molar-refractivity contribution in [3.63, 3.8) is 0 Å². The van der Waals surface area contributed by atoms with Crippen LogP contribution in [0.15, 0.2) is 55.6 Å². The molecular weight excluding hydrogens is 472 g/mol. The molecule has 2 bridgehead atoms. The van der Waals surface area contributed by atoms with Gasteiger partial charge >= 0.3 is 5.97 Å². The Balaban J connectivity index is 1.89. The van der Waals surface area contributed by atoms with E-state index in [-0.39, 0.29) is 37.0 Å². The summed E-state index contributed by atoms with van der Waals surface area (Å²) in [6.45, 7) is 15.0. The van der Waals surface area contributed by atoms with Crippen molar-refractivity contribution < 1.29 is 29.0 Å². The molecule has 37 heavy (non-hydrogen) atoms. The largest absolute Gasteiger partial charge is 0.461 e. The van der Waals surface area contributed by atoms with Crippen molar-refractivity contribution in [3.05, 3.63) is 61.2 Å². The van der Waals surface area contributed by atoms with Gasteiger partial charge in [-0.15, -0.1) is 6.58 Å². The number of hydrogen-bond donors (Lipinski definition) is 1. The Morgan fingerprint density at radius 2 is 1.95 bits per heavy atom. The molecule has 4 rings (SSSR count). The Bertz CT molecular complexity index is 1070. The van der Waals surface area contributed by atoms with E-state index in [2.05, 4.69) is 13.2 Å². The van der Waals surface area contributed by atoms with E-state index in [0.717, 1.165) is 0 Å². The van der Waals surface area contributed by atoms with Crippen molar-refractivity contribution in [2.75, 3.05) is 19.8 Å². The van der Waals surface area contributed by atoms with Crippen molar-refractivity contribution in [1.82, 2.24) is 9.80 Å². The van der Waals surface area contributed by atoms with Crippen LogP contribution < -0.4 is 0 Å². The number of fused-ring (bicyclic) bond motifs is 1. The van der Waals surface area contributed by atoms with Gasteiger partial charge in [0.2, 0.25) is 11.8 Å².